The van der Waals surface area contributed by atoms with Crippen molar-refractivity contribution in [2.75, 3.05) is 6.54 Å². The Labute approximate surface area is 249 Å². The van der Waals surface area contributed by atoms with Gasteiger partial charge < -0.3 is 28.3 Å². The predicted octanol–water partition coefficient (Wildman–Crippen LogP) is 8.95. The first-order chi connectivity index (χ1) is 21.8. The van der Waals surface area contributed by atoms with E-state index in [0.29, 0.717) is 0 Å². The highest BCUT2D eigenvalue weighted by Crippen LogP contribution is 2.46. The number of nitrogens with one attached hydrogen (secondary N) is 2. The molecule has 2 aliphatic rings. The van der Waals surface area contributed by atoms with Crippen molar-refractivity contribution in [3.8, 4) is 0 Å². The van der Waals surface area contributed by atoms with Crippen LogP contribution >= 0.6 is 0 Å². The Hall–Kier alpha value is -5.88. The molecule has 7 heterocycles. The van der Waals surface area contributed by atoms with E-state index in [0.717, 1.165) is 72.8 Å². The van der Waals surface area contributed by atoms with Crippen LogP contribution in [0.3, 0.4) is 0 Å². The monoisotopic (exact) mass is 568 g/mol. The third-order valence-corrected chi connectivity index (χ3v) is 9.65. The van der Waals surface area contributed by atoms with Crippen LogP contribution in [0, 0.1) is 0 Å². The first-order valence-corrected chi connectivity index (χ1v) is 15.0. The number of aromatic nitrogens is 2. The lowest BCUT2D eigenvalue weighted by Crippen LogP contribution is -2.14. The molecule has 5 aromatic heterocycles. The van der Waals surface area contributed by atoms with Crippen molar-refractivity contribution in [3.05, 3.63) is 127 Å². The maximum Gasteiger partial charge on any atom is 0.137 e. The SMILES string of the molecule is C1=CCNC(c2ccc3c4ccc5oc6ccc7c8ccc(C9C=CC=CN9)cc8n8c9cocc9n(c3c2)c4c5c6c78)=C1. The summed E-state index contributed by atoms with van der Waals surface area (Å²) in [6.45, 7) is 0.824. The molecule has 0 radical (unpaired) electrons. The molecule has 6 nitrogen and oxygen atoms in total. The Morgan fingerprint density at radius 2 is 1.39 bits per heavy atom. The number of furan rings is 2. The van der Waals surface area contributed by atoms with E-state index in [-0.39, 0.29) is 6.04 Å². The largest absolute Gasteiger partial charge is 0.468 e. The molecule has 208 valence electrons. The summed E-state index contributed by atoms with van der Waals surface area (Å²) in [5, 5.41) is 14.1. The van der Waals surface area contributed by atoms with E-state index in [1.807, 2.05) is 24.8 Å². The third kappa shape index (κ3) is 2.71. The van der Waals surface area contributed by atoms with Crippen LogP contribution in [0.1, 0.15) is 17.2 Å². The predicted molar refractivity (Wildman–Crippen MR) is 178 cm³/mol. The van der Waals surface area contributed by atoms with E-state index >= 15 is 0 Å². The second kappa shape index (κ2) is 7.94. The molecule has 0 spiro atoms. The molecule has 0 aliphatic carbocycles. The van der Waals surface area contributed by atoms with Gasteiger partial charge in [0.1, 0.15) is 34.7 Å². The molecule has 44 heavy (non-hydrogen) atoms. The van der Waals surface area contributed by atoms with Gasteiger partial charge in [-0.05, 0) is 65.9 Å². The van der Waals surface area contributed by atoms with Gasteiger partial charge >= 0.3 is 0 Å². The highest BCUT2D eigenvalue weighted by atomic mass is 16.3. The molecule has 0 bridgehead atoms. The topological polar surface area (TPSA) is 59.2 Å². The number of hydrogen-bond donors (Lipinski definition) is 2. The standard InChI is InChI=1S/C38H24N4O2/c1-3-15-39-27(5-1)21-7-9-23-25-11-13-33-35-36-34(44-33)14-12-26-24-10-8-22(28-6-2-4-16-40-28)18-30(24)42(38(26)36)32-20-43-19-31(32)41(37(25)35)29(23)17-21/h1-15,17-20,27,39-40H,16H2. The maximum absolute atomic E-state index is 6.61. The van der Waals surface area contributed by atoms with Crippen LogP contribution < -0.4 is 10.6 Å². The molecular weight excluding hydrogens is 544 g/mol. The van der Waals surface area contributed by atoms with Crippen LogP contribution in [-0.2, 0) is 0 Å². The molecule has 6 heteroatoms. The average Bonchev–Trinajstić information content (AvgIpc) is 3.84. The molecule has 2 N–H and O–H groups in total. The summed E-state index contributed by atoms with van der Waals surface area (Å²) in [4.78, 5) is 0. The zero-order valence-electron chi connectivity index (χ0n) is 23.5. The Kier molecular flexibility index (Phi) is 4.09. The van der Waals surface area contributed by atoms with Crippen LogP contribution in [0.2, 0.25) is 0 Å². The first kappa shape index (κ1) is 22.7. The van der Waals surface area contributed by atoms with Crippen LogP contribution in [0.4, 0.5) is 0 Å². The molecule has 1 unspecified atom stereocenters. The molecule has 9 aromatic rings. The number of benzene rings is 4. The van der Waals surface area contributed by atoms with E-state index in [1.165, 1.54) is 27.1 Å². The molecule has 0 saturated heterocycles. The summed E-state index contributed by atoms with van der Waals surface area (Å²) >= 11 is 0. The van der Waals surface area contributed by atoms with Crippen molar-refractivity contribution in [2.45, 2.75) is 6.04 Å². The van der Waals surface area contributed by atoms with Crippen LogP contribution in [0.25, 0.3) is 82.3 Å². The van der Waals surface area contributed by atoms with Gasteiger partial charge in [0.15, 0.2) is 0 Å². The summed E-state index contributed by atoms with van der Waals surface area (Å²) in [7, 11) is 0. The second-order valence-electron chi connectivity index (χ2n) is 11.9. The quantitative estimate of drug-likeness (QED) is 0.219. The number of nitrogens with zero attached hydrogens (tertiary/aromatic N) is 2. The molecule has 2 aliphatic heterocycles. The molecule has 0 saturated carbocycles. The van der Waals surface area contributed by atoms with Gasteiger partial charge in [-0.25, -0.2) is 0 Å². The molecule has 0 fully saturated rings. The third-order valence-electron chi connectivity index (χ3n) is 9.65. The van der Waals surface area contributed by atoms with Gasteiger partial charge in [-0.3, -0.25) is 0 Å². The lowest BCUT2D eigenvalue weighted by atomic mass is 10.0. The van der Waals surface area contributed by atoms with Crippen molar-refractivity contribution in [2.24, 2.45) is 0 Å². The fraction of sp³-hybridized carbons (Fsp3) is 0.0526. The van der Waals surface area contributed by atoms with Crippen molar-refractivity contribution >= 4 is 82.3 Å². The van der Waals surface area contributed by atoms with Gasteiger partial charge in [0, 0.05) is 33.8 Å². The van der Waals surface area contributed by atoms with E-state index in [1.54, 1.807) is 0 Å². The lowest BCUT2D eigenvalue weighted by molar-refractivity contribution is 0.570. The number of rotatable bonds is 2. The molecule has 4 aromatic carbocycles. The second-order valence-corrected chi connectivity index (χ2v) is 11.9. The van der Waals surface area contributed by atoms with Gasteiger partial charge in [-0.15, -0.1) is 0 Å². The number of dihydropyridines is 2. The Morgan fingerprint density at radius 1 is 0.682 bits per heavy atom. The first-order valence-electron chi connectivity index (χ1n) is 15.0. The zero-order valence-corrected chi connectivity index (χ0v) is 23.5. The molecular formula is C38H24N4O2. The van der Waals surface area contributed by atoms with Crippen molar-refractivity contribution in [1.82, 2.24) is 19.4 Å². The van der Waals surface area contributed by atoms with Gasteiger partial charge in [0.2, 0.25) is 0 Å². The summed E-state index contributed by atoms with van der Waals surface area (Å²) in [5.41, 5.74) is 11.8. The van der Waals surface area contributed by atoms with E-state index in [2.05, 4.69) is 110 Å². The lowest BCUT2D eigenvalue weighted by Gasteiger charge is -2.16. The van der Waals surface area contributed by atoms with Crippen molar-refractivity contribution in [3.63, 3.8) is 0 Å². The number of allylic oxidation sites excluding steroid dienone is 4. The zero-order chi connectivity index (χ0) is 28.5. The van der Waals surface area contributed by atoms with Gasteiger partial charge in [0.25, 0.3) is 0 Å². The fourth-order valence-electron chi connectivity index (χ4n) is 7.75. The Balaban J connectivity index is 1.40. The smallest absolute Gasteiger partial charge is 0.137 e. The van der Waals surface area contributed by atoms with E-state index < -0.39 is 0 Å². The van der Waals surface area contributed by atoms with Crippen LogP contribution in [-0.4, -0.2) is 15.3 Å². The molecule has 11 rings (SSSR count). The van der Waals surface area contributed by atoms with Gasteiger partial charge in [0.05, 0.1) is 38.9 Å². The summed E-state index contributed by atoms with van der Waals surface area (Å²) in [6, 6.07) is 22.4. The van der Waals surface area contributed by atoms with E-state index in [9.17, 15) is 0 Å². The summed E-state index contributed by atoms with van der Waals surface area (Å²) in [5.74, 6) is 0. The summed E-state index contributed by atoms with van der Waals surface area (Å²) in [6.07, 6.45) is 18.5. The van der Waals surface area contributed by atoms with Crippen molar-refractivity contribution in [1.29, 1.82) is 0 Å². The van der Waals surface area contributed by atoms with Crippen LogP contribution in [0.5, 0.6) is 0 Å². The Bertz CT molecular complexity index is 2810. The highest BCUT2D eigenvalue weighted by molar-refractivity contribution is 6.32. The molecule has 1 atom stereocenters. The van der Waals surface area contributed by atoms with Gasteiger partial charge in [-0.1, -0.05) is 48.6 Å². The number of fused-ring (bicyclic) bond motifs is 9. The highest BCUT2D eigenvalue weighted by Gasteiger charge is 2.25. The molecule has 0 amide bonds. The average molecular weight is 569 g/mol. The Morgan fingerprint density at radius 3 is 2.07 bits per heavy atom. The van der Waals surface area contributed by atoms with Gasteiger partial charge in [-0.2, -0.15) is 0 Å². The summed E-state index contributed by atoms with van der Waals surface area (Å²) < 4.78 is 17.5. The van der Waals surface area contributed by atoms with Crippen molar-refractivity contribution < 1.29 is 8.83 Å². The number of hydrogen-bond acceptors (Lipinski definition) is 4. The van der Waals surface area contributed by atoms with Crippen LogP contribution in [0.15, 0.2) is 125 Å². The minimum Gasteiger partial charge on any atom is -0.468 e. The minimum atomic E-state index is 0.109. The minimum absolute atomic E-state index is 0.109. The normalized spacial score (nSPS) is 17.0. The fourth-order valence-corrected chi connectivity index (χ4v) is 7.75. The van der Waals surface area contributed by atoms with E-state index in [4.69, 9.17) is 8.83 Å². The maximum atomic E-state index is 6.61.